The van der Waals surface area contributed by atoms with Crippen LogP contribution in [-0.4, -0.2) is 55.8 Å². The van der Waals surface area contributed by atoms with Crippen molar-refractivity contribution >= 4 is 22.0 Å². The molecule has 0 N–H and O–H groups in total. The minimum absolute atomic E-state index is 0.0701. The highest BCUT2D eigenvalue weighted by molar-refractivity contribution is 9.10. The van der Waals surface area contributed by atoms with Crippen LogP contribution in [0.3, 0.4) is 0 Å². The molecule has 0 aromatic heterocycles. The second-order valence-electron chi connectivity index (χ2n) is 8.59. The third kappa shape index (κ3) is 6.86. The number of hydrogen-bond donors (Lipinski definition) is 0. The normalized spacial score (nSPS) is 18.8. The lowest BCUT2D eigenvalue weighted by atomic mass is 9.89. The maximum Gasteiger partial charge on any atom is 0.410 e. The zero-order valence-corrected chi connectivity index (χ0v) is 19.2. The van der Waals surface area contributed by atoms with E-state index < -0.39 is 5.60 Å². The summed E-state index contributed by atoms with van der Waals surface area (Å²) in [4.78, 5) is 14.1. The number of nitrogens with zero attached hydrogens (tertiary/aromatic N) is 1. The highest BCUT2D eigenvalue weighted by Gasteiger charge is 2.28. The highest BCUT2D eigenvalue weighted by atomic mass is 79.9. The molecule has 2 fully saturated rings. The second kappa shape index (κ2) is 10.1. The van der Waals surface area contributed by atoms with Crippen molar-refractivity contribution in [3.63, 3.8) is 0 Å². The molecule has 2 heterocycles. The molecule has 1 aromatic rings. The predicted molar refractivity (Wildman–Crippen MR) is 114 cm³/mol. The van der Waals surface area contributed by atoms with Gasteiger partial charge in [0.25, 0.3) is 0 Å². The number of piperidine rings is 1. The van der Waals surface area contributed by atoms with Crippen molar-refractivity contribution in [2.45, 2.75) is 64.3 Å². The first-order valence-corrected chi connectivity index (χ1v) is 11.2. The van der Waals surface area contributed by atoms with Crippen LogP contribution in [0.5, 0.6) is 5.75 Å². The van der Waals surface area contributed by atoms with E-state index in [-0.39, 0.29) is 12.4 Å². The van der Waals surface area contributed by atoms with Gasteiger partial charge in [-0.25, -0.2) is 4.79 Å². The zero-order valence-electron chi connectivity index (χ0n) is 17.6. The number of benzene rings is 1. The molecule has 2 aliphatic heterocycles. The van der Waals surface area contributed by atoms with Crippen molar-refractivity contribution in [3.8, 4) is 5.75 Å². The Labute approximate surface area is 182 Å². The van der Waals surface area contributed by atoms with E-state index in [1.807, 2.05) is 37.8 Å². The third-order valence-corrected chi connectivity index (χ3v) is 5.79. The number of amides is 1. The van der Waals surface area contributed by atoms with Gasteiger partial charge in [0.15, 0.2) is 6.29 Å². The topological polar surface area (TPSA) is 57.2 Å². The van der Waals surface area contributed by atoms with Crippen LogP contribution in [0.25, 0.3) is 0 Å². The van der Waals surface area contributed by atoms with Crippen LogP contribution in [0.4, 0.5) is 4.79 Å². The molecule has 1 aromatic carbocycles. The fourth-order valence-corrected chi connectivity index (χ4v) is 4.32. The summed E-state index contributed by atoms with van der Waals surface area (Å²) in [7, 11) is 0. The molecule has 0 spiro atoms. The summed E-state index contributed by atoms with van der Waals surface area (Å²) in [5.41, 5.74) is 0.818. The van der Waals surface area contributed by atoms with E-state index in [4.69, 9.17) is 18.9 Å². The van der Waals surface area contributed by atoms with Gasteiger partial charge in [-0.3, -0.25) is 0 Å². The van der Waals surface area contributed by atoms with Crippen LogP contribution < -0.4 is 4.74 Å². The number of carbonyl (C=O) groups excluding carboxylic acids is 1. The van der Waals surface area contributed by atoms with Crippen LogP contribution >= 0.6 is 15.9 Å². The molecule has 3 rings (SSSR count). The standard InChI is InChI=1S/C22H32BrNO5/c1-22(2,3)29-21(25)24-10-8-16(9-11-24)18-7-6-17(15-19(18)23)26-12-4-5-20-27-13-14-28-20/h6-7,15-16,20H,4-5,8-14H2,1-3H3. The number of halogens is 1. The third-order valence-electron chi connectivity index (χ3n) is 5.10. The van der Waals surface area contributed by atoms with Crippen LogP contribution in [0.2, 0.25) is 0 Å². The minimum atomic E-state index is -0.454. The summed E-state index contributed by atoms with van der Waals surface area (Å²) in [5.74, 6) is 1.29. The Hall–Kier alpha value is -1.31. The maximum atomic E-state index is 12.2. The molecule has 7 heteroatoms. The van der Waals surface area contributed by atoms with E-state index in [1.165, 1.54) is 5.56 Å². The van der Waals surface area contributed by atoms with E-state index in [9.17, 15) is 4.79 Å². The van der Waals surface area contributed by atoms with Crippen molar-refractivity contribution in [1.29, 1.82) is 0 Å². The van der Waals surface area contributed by atoms with E-state index in [1.54, 1.807) is 0 Å². The maximum absolute atomic E-state index is 12.2. The molecule has 0 radical (unpaired) electrons. The molecule has 0 atom stereocenters. The van der Waals surface area contributed by atoms with Crippen molar-refractivity contribution in [2.75, 3.05) is 32.9 Å². The minimum Gasteiger partial charge on any atom is -0.494 e. The summed E-state index contributed by atoms with van der Waals surface area (Å²) < 4.78 is 23.3. The molecule has 1 amide bonds. The Morgan fingerprint density at radius 2 is 1.90 bits per heavy atom. The summed E-state index contributed by atoms with van der Waals surface area (Å²) in [6.07, 6.45) is 3.33. The van der Waals surface area contributed by atoms with Crippen molar-refractivity contribution in [2.24, 2.45) is 0 Å². The number of rotatable bonds is 6. The first-order valence-electron chi connectivity index (χ1n) is 10.5. The van der Waals surface area contributed by atoms with Crippen LogP contribution in [0.1, 0.15) is 57.9 Å². The molecule has 0 saturated carbocycles. The average molecular weight is 470 g/mol. The Morgan fingerprint density at radius 1 is 1.21 bits per heavy atom. The monoisotopic (exact) mass is 469 g/mol. The molecule has 29 heavy (non-hydrogen) atoms. The van der Waals surface area contributed by atoms with Gasteiger partial charge in [0.05, 0.1) is 19.8 Å². The second-order valence-corrected chi connectivity index (χ2v) is 9.44. The molecular weight excluding hydrogens is 438 g/mol. The van der Waals surface area contributed by atoms with Crippen molar-refractivity contribution < 1.29 is 23.7 Å². The quantitative estimate of drug-likeness (QED) is 0.542. The van der Waals surface area contributed by atoms with Crippen LogP contribution in [0, 0.1) is 0 Å². The first-order chi connectivity index (χ1) is 13.8. The van der Waals surface area contributed by atoms with Gasteiger partial charge in [-0.05, 0) is 63.6 Å². The number of carbonyl (C=O) groups is 1. The van der Waals surface area contributed by atoms with Crippen LogP contribution in [-0.2, 0) is 14.2 Å². The molecule has 2 aliphatic rings. The van der Waals surface area contributed by atoms with E-state index in [0.29, 0.717) is 25.7 Å². The molecule has 2 saturated heterocycles. The predicted octanol–water partition coefficient (Wildman–Crippen LogP) is 5.10. The highest BCUT2D eigenvalue weighted by Crippen LogP contribution is 2.35. The Morgan fingerprint density at radius 3 is 2.52 bits per heavy atom. The van der Waals surface area contributed by atoms with Gasteiger partial charge in [-0.15, -0.1) is 0 Å². The Bertz CT molecular complexity index is 676. The Balaban J connectivity index is 1.44. The van der Waals surface area contributed by atoms with E-state index in [2.05, 4.69) is 22.0 Å². The summed E-state index contributed by atoms with van der Waals surface area (Å²) in [5, 5.41) is 0. The van der Waals surface area contributed by atoms with Gasteiger partial charge >= 0.3 is 6.09 Å². The SMILES string of the molecule is CC(C)(C)OC(=O)N1CCC(c2ccc(OCCCC3OCCO3)cc2Br)CC1. The van der Waals surface area contributed by atoms with Gasteiger partial charge in [-0.1, -0.05) is 22.0 Å². The molecule has 162 valence electrons. The lowest BCUT2D eigenvalue weighted by molar-refractivity contribution is -0.0493. The molecule has 0 aliphatic carbocycles. The number of likely N-dealkylation sites (tertiary alicyclic amines) is 1. The van der Waals surface area contributed by atoms with Gasteiger partial charge in [0, 0.05) is 24.0 Å². The van der Waals surface area contributed by atoms with Gasteiger partial charge < -0.3 is 23.8 Å². The van der Waals surface area contributed by atoms with E-state index >= 15 is 0 Å². The van der Waals surface area contributed by atoms with Gasteiger partial charge in [0.1, 0.15) is 11.4 Å². The summed E-state index contributed by atoms with van der Waals surface area (Å²) in [6, 6.07) is 6.21. The number of ether oxygens (including phenoxy) is 4. The zero-order chi connectivity index (χ0) is 20.9. The van der Waals surface area contributed by atoms with Crippen LogP contribution in [0.15, 0.2) is 22.7 Å². The van der Waals surface area contributed by atoms with Gasteiger partial charge in [0.2, 0.25) is 0 Å². The summed E-state index contributed by atoms with van der Waals surface area (Å²) in [6.45, 7) is 9.15. The lowest BCUT2D eigenvalue weighted by Gasteiger charge is -2.34. The molecular formula is C22H32BrNO5. The largest absolute Gasteiger partial charge is 0.494 e. The first kappa shape index (κ1) is 22.4. The smallest absolute Gasteiger partial charge is 0.410 e. The van der Waals surface area contributed by atoms with Crippen molar-refractivity contribution in [3.05, 3.63) is 28.2 Å². The average Bonchev–Trinajstić information content (AvgIpc) is 3.18. The molecule has 0 unspecified atom stereocenters. The molecule has 6 nitrogen and oxygen atoms in total. The summed E-state index contributed by atoms with van der Waals surface area (Å²) >= 11 is 3.70. The lowest BCUT2D eigenvalue weighted by Crippen LogP contribution is -2.41. The fourth-order valence-electron chi connectivity index (χ4n) is 3.64. The number of hydrogen-bond acceptors (Lipinski definition) is 5. The Kier molecular flexibility index (Phi) is 7.82. The van der Waals surface area contributed by atoms with Crippen molar-refractivity contribution in [1.82, 2.24) is 4.90 Å². The van der Waals surface area contributed by atoms with E-state index in [0.717, 1.165) is 49.0 Å². The molecule has 0 bridgehead atoms. The van der Waals surface area contributed by atoms with Gasteiger partial charge in [-0.2, -0.15) is 0 Å². The fraction of sp³-hybridized carbons (Fsp3) is 0.682.